The SMILES string of the molecule is CCCCCCCCCOC(=O)c1ccccc1C(=O)OC(C)CCC. The highest BCUT2D eigenvalue weighted by Gasteiger charge is 2.20. The maximum Gasteiger partial charge on any atom is 0.339 e. The van der Waals surface area contributed by atoms with Gasteiger partial charge in [0.05, 0.1) is 23.8 Å². The molecule has 26 heavy (non-hydrogen) atoms. The summed E-state index contributed by atoms with van der Waals surface area (Å²) in [5, 5.41) is 0. The maximum absolute atomic E-state index is 12.3. The number of benzene rings is 1. The van der Waals surface area contributed by atoms with Gasteiger partial charge in [-0.3, -0.25) is 0 Å². The Morgan fingerprint density at radius 3 is 2.04 bits per heavy atom. The molecule has 1 aromatic carbocycles. The van der Waals surface area contributed by atoms with Crippen LogP contribution in [0.3, 0.4) is 0 Å². The molecule has 4 nitrogen and oxygen atoms in total. The van der Waals surface area contributed by atoms with Gasteiger partial charge in [0.2, 0.25) is 0 Å². The fourth-order valence-corrected chi connectivity index (χ4v) is 2.85. The summed E-state index contributed by atoms with van der Waals surface area (Å²) in [5.74, 6) is -0.916. The molecule has 0 amide bonds. The van der Waals surface area contributed by atoms with Crippen molar-refractivity contribution in [2.45, 2.75) is 84.7 Å². The second kappa shape index (κ2) is 13.4. The molecule has 1 aromatic rings. The third-order valence-corrected chi connectivity index (χ3v) is 4.35. The Morgan fingerprint density at radius 2 is 1.42 bits per heavy atom. The number of esters is 2. The predicted octanol–water partition coefficient (Wildman–Crippen LogP) is 5.94. The van der Waals surface area contributed by atoms with Gasteiger partial charge in [0, 0.05) is 0 Å². The molecule has 0 aliphatic carbocycles. The van der Waals surface area contributed by atoms with E-state index < -0.39 is 11.9 Å². The van der Waals surface area contributed by atoms with Crippen molar-refractivity contribution in [2.24, 2.45) is 0 Å². The number of carbonyl (C=O) groups excluding carboxylic acids is 2. The van der Waals surface area contributed by atoms with E-state index in [0.717, 1.165) is 25.7 Å². The van der Waals surface area contributed by atoms with Crippen molar-refractivity contribution in [2.75, 3.05) is 6.61 Å². The van der Waals surface area contributed by atoms with E-state index in [2.05, 4.69) is 6.92 Å². The second-order valence-corrected chi connectivity index (χ2v) is 6.81. The first kappa shape index (κ1) is 22.2. The Hall–Kier alpha value is -1.84. The Labute approximate surface area is 158 Å². The lowest BCUT2D eigenvalue weighted by Gasteiger charge is -2.14. The van der Waals surface area contributed by atoms with Gasteiger partial charge in [-0.05, 0) is 31.9 Å². The Morgan fingerprint density at radius 1 is 0.846 bits per heavy atom. The molecule has 0 saturated carbocycles. The second-order valence-electron chi connectivity index (χ2n) is 6.81. The van der Waals surface area contributed by atoms with E-state index in [1.165, 1.54) is 32.1 Å². The minimum atomic E-state index is -0.463. The van der Waals surface area contributed by atoms with Crippen molar-refractivity contribution in [3.05, 3.63) is 35.4 Å². The van der Waals surface area contributed by atoms with Gasteiger partial charge in [-0.2, -0.15) is 0 Å². The summed E-state index contributed by atoms with van der Waals surface area (Å²) in [4.78, 5) is 24.7. The third kappa shape index (κ3) is 8.50. The Bertz CT molecular complexity index is 539. The van der Waals surface area contributed by atoms with Gasteiger partial charge >= 0.3 is 11.9 Å². The zero-order chi connectivity index (χ0) is 19.2. The molecule has 0 heterocycles. The molecular weight excluding hydrogens is 328 g/mol. The lowest BCUT2D eigenvalue weighted by molar-refractivity contribution is 0.0311. The van der Waals surface area contributed by atoms with Gasteiger partial charge in [-0.1, -0.05) is 70.9 Å². The van der Waals surface area contributed by atoms with Crippen molar-refractivity contribution < 1.29 is 19.1 Å². The normalized spacial score (nSPS) is 11.8. The van der Waals surface area contributed by atoms with Crippen LogP contribution >= 0.6 is 0 Å². The van der Waals surface area contributed by atoms with Crippen molar-refractivity contribution in [1.29, 1.82) is 0 Å². The van der Waals surface area contributed by atoms with Crippen LogP contribution in [0.15, 0.2) is 24.3 Å². The highest BCUT2D eigenvalue weighted by atomic mass is 16.5. The van der Waals surface area contributed by atoms with Gasteiger partial charge in [-0.25, -0.2) is 9.59 Å². The summed E-state index contributed by atoms with van der Waals surface area (Å²) in [6, 6.07) is 6.70. The fraction of sp³-hybridized carbons (Fsp3) is 0.636. The summed E-state index contributed by atoms with van der Waals surface area (Å²) < 4.78 is 10.8. The van der Waals surface area contributed by atoms with Crippen molar-refractivity contribution in [1.82, 2.24) is 0 Å². The maximum atomic E-state index is 12.3. The Kier molecular flexibility index (Phi) is 11.4. The molecule has 4 heteroatoms. The monoisotopic (exact) mass is 362 g/mol. The standard InChI is InChI=1S/C22H34O4/c1-4-6-7-8-9-10-13-17-25-21(23)19-15-11-12-16-20(19)22(24)26-18(3)14-5-2/h11-12,15-16,18H,4-10,13-14,17H2,1-3H3. The van der Waals surface area contributed by atoms with E-state index in [1.54, 1.807) is 24.3 Å². The molecule has 0 fully saturated rings. The molecule has 146 valence electrons. The molecule has 0 aliphatic rings. The first-order valence-electron chi connectivity index (χ1n) is 10.1. The van der Waals surface area contributed by atoms with Gasteiger partial charge in [0.25, 0.3) is 0 Å². The first-order valence-corrected chi connectivity index (χ1v) is 10.1. The van der Waals surface area contributed by atoms with Crippen molar-refractivity contribution in [3.63, 3.8) is 0 Å². The zero-order valence-electron chi connectivity index (χ0n) is 16.6. The molecule has 0 saturated heterocycles. The zero-order valence-corrected chi connectivity index (χ0v) is 16.6. The van der Waals surface area contributed by atoms with Crippen LogP contribution in [0, 0.1) is 0 Å². The van der Waals surface area contributed by atoms with Crippen LogP contribution in [-0.2, 0) is 9.47 Å². The summed E-state index contributed by atoms with van der Waals surface area (Å²) in [6.45, 7) is 6.50. The number of carbonyl (C=O) groups is 2. The number of ether oxygens (including phenoxy) is 2. The largest absolute Gasteiger partial charge is 0.462 e. The van der Waals surface area contributed by atoms with Gasteiger partial charge in [-0.15, -0.1) is 0 Å². The average Bonchev–Trinajstić information content (AvgIpc) is 2.63. The van der Waals surface area contributed by atoms with Crippen LogP contribution in [0.1, 0.15) is 99.3 Å². The van der Waals surface area contributed by atoms with E-state index >= 15 is 0 Å². The highest BCUT2D eigenvalue weighted by molar-refractivity contribution is 6.03. The van der Waals surface area contributed by atoms with Gasteiger partial charge < -0.3 is 9.47 Å². The van der Waals surface area contributed by atoms with Crippen LogP contribution in [0.5, 0.6) is 0 Å². The average molecular weight is 363 g/mol. The van der Waals surface area contributed by atoms with E-state index in [9.17, 15) is 9.59 Å². The van der Waals surface area contributed by atoms with Crippen molar-refractivity contribution >= 4 is 11.9 Å². The highest BCUT2D eigenvalue weighted by Crippen LogP contribution is 2.15. The fourth-order valence-electron chi connectivity index (χ4n) is 2.85. The number of unbranched alkanes of at least 4 members (excludes halogenated alkanes) is 6. The summed E-state index contributed by atoms with van der Waals surface area (Å²) in [5.41, 5.74) is 0.559. The number of rotatable bonds is 13. The first-order chi connectivity index (χ1) is 12.6. The number of hydrogen-bond donors (Lipinski definition) is 0. The smallest absolute Gasteiger partial charge is 0.339 e. The van der Waals surface area contributed by atoms with Crippen LogP contribution in [0.4, 0.5) is 0 Å². The molecular formula is C22H34O4. The van der Waals surface area contributed by atoms with Crippen LogP contribution < -0.4 is 0 Å². The molecule has 0 N–H and O–H groups in total. The number of hydrogen-bond acceptors (Lipinski definition) is 4. The molecule has 1 atom stereocenters. The summed E-state index contributed by atoms with van der Waals surface area (Å²) in [6.07, 6.45) is 9.74. The molecule has 0 spiro atoms. The molecule has 0 aromatic heterocycles. The molecule has 0 bridgehead atoms. The molecule has 0 radical (unpaired) electrons. The minimum absolute atomic E-state index is 0.163. The summed E-state index contributed by atoms with van der Waals surface area (Å²) in [7, 11) is 0. The third-order valence-electron chi connectivity index (χ3n) is 4.35. The van der Waals surface area contributed by atoms with E-state index in [0.29, 0.717) is 6.61 Å². The Balaban J connectivity index is 2.45. The summed E-state index contributed by atoms with van der Waals surface area (Å²) >= 11 is 0. The van der Waals surface area contributed by atoms with Gasteiger partial charge in [0.15, 0.2) is 0 Å². The van der Waals surface area contributed by atoms with E-state index in [1.807, 2.05) is 13.8 Å². The molecule has 1 rings (SSSR count). The quantitative estimate of drug-likeness (QED) is 0.322. The van der Waals surface area contributed by atoms with Crippen LogP contribution in [-0.4, -0.2) is 24.6 Å². The van der Waals surface area contributed by atoms with Gasteiger partial charge in [0.1, 0.15) is 0 Å². The van der Waals surface area contributed by atoms with Crippen LogP contribution in [0.25, 0.3) is 0 Å². The molecule has 0 aliphatic heterocycles. The van der Waals surface area contributed by atoms with E-state index in [-0.39, 0.29) is 17.2 Å². The van der Waals surface area contributed by atoms with Crippen LogP contribution in [0.2, 0.25) is 0 Å². The lowest BCUT2D eigenvalue weighted by atomic mass is 10.1. The predicted molar refractivity (Wildman–Crippen MR) is 105 cm³/mol. The lowest BCUT2D eigenvalue weighted by Crippen LogP contribution is -2.18. The van der Waals surface area contributed by atoms with E-state index in [4.69, 9.17) is 9.47 Å². The topological polar surface area (TPSA) is 52.6 Å². The van der Waals surface area contributed by atoms with Crippen molar-refractivity contribution in [3.8, 4) is 0 Å². The molecule has 1 unspecified atom stereocenters. The minimum Gasteiger partial charge on any atom is -0.462 e.